The van der Waals surface area contributed by atoms with Crippen molar-refractivity contribution < 1.29 is 0 Å². The fourth-order valence-corrected chi connectivity index (χ4v) is 3.92. The van der Waals surface area contributed by atoms with Crippen molar-refractivity contribution in [2.75, 3.05) is 0 Å². The van der Waals surface area contributed by atoms with Gasteiger partial charge >= 0.3 is 5.69 Å². The van der Waals surface area contributed by atoms with Gasteiger partial charge in [0.05, 0.1) is 5.56 Å². The lowest BCUT2D eigenvalue weighted by Crippen LogP contribution is -2.40. The molecule has 32 heavy (non-hydrogen) atoms. The summed E-state index contributed by atoms with van der Waals surface area (Å²) in [5.74, 6) is 0. The maximum absolute atomic E-state index is 13.1. The number of rotatable bonds is 16. The van der Waals surface area contributed by atoms with Gasteiger partial charge in [-0.2, -0.15) is 0 Å². The van der Waals surface area contributed by atoms with Gasteiger partial charge in [0, 0.05) is 31.7 Å². The molecule has 0 bridgehead atoms. The van der Waals surface area contributed by atoms with Gasteiger partial charge in [-0.1, -0.05) is 84.1 Å². The van der Waals surface area contributed by atoms with Crippen LogP contribution in [-0.4, -0.2) is 14.1 Å². The van der Waals surface area contributed by atoms with Gasteiger partial charge in [-0.3, -0.25) is 18.9 Å². The second-order valence-electron chi connectivity index (χ2n) is 8.67. The summed E-state index contributed by atoms with van der Waals surface area (Å²) < 4.78 is 3.19. The standard InChI is InChI=1S/C27H41N3O2/c1-3-5-7-9-11-13-21-29-23-25(16-15-24-17-19-28-20-18-24)26(31)30(27(29)32)22-14-12-10-8-6-4-2/h15-20,23H,3-14,21-22H2,1-2H3/b16-15-. The molecule has 0 atom stereocenters. The van der Waals surface area contributed by atoms with E-state index in [1.165, 1.54) is 49.5 Å². The molecule has 0 unspecified atom stereocenters. The summed E-state index contributed by atoms with van der Waals surface area (Å²) in [6.07, 6.45) is 22.8. The van der Waals surface area contributed by atoms with E-state index in [0.29, 0.717) is 18.7 Å². The summed E-state index contributed by atoms with van der Waals surface area (Å²) >= 11 is 0. The van der Waals surface area contributed by atoms with Crippen LogP contribution in [0.25, 0.3) is 12.2 Å². The topological polar surface area (TPSA) is 56.9 Å². The second-order valence-corrected chi connectivity index (χ2v) is 8.67. The normalized spacial score (nSPS) is 11.4. The molecule has 0 saturated heterocycles. The van der Waals surface area contributed by atoms with Crippen LogP contribution in [0, 0.1) is 0 Å². The Morgan fingerprint density at radius 1 is 0.750 bits per heavy atom. The minimum absolute atomic E-state index is 0.168. The van der Waals surface area contributed by atoms with Crippen LogP contribution >= 0.6 is 0 Å². The van der Waals surface area contributed by atoms with Crippen molar-refractivity contribution in [1.29, 1.82) is 0 Å². The maximum atomic E-state index is 13.1. The summed E-state index contributed by atoms with van der Waals surface area (Å²) in [4.78, 5) is 30.1. The average Bonchev–Trinajstić information content (AvgIpc) is 2.81. The van der Waals surface area contributed by atoms with E-state index < -0.39 is 0 Å². The Labute approximate surface area is 193 Å². The molecule has 5 nitrogen and oxygen atoms in total. The molecule has 2 heterocycles. The van der Waals surface area contributed by atoms with Crippen LogP contribution in [0.3, 0.4) is 0 Å². The number of pyridine rings is 1. The zero-order chi connectivity index (χ0) is 23.0. The van der Waals surface area contributed by atoms with Crippen LogP contribution in [-0.2, 0) is 13.1 Å². The second kappa shape index (κ2) is 15.4. The average molecular weight is 440 g/mol. The highest BCUT2D eigenvalue weighted by Gasteiger charge is 2.10. The fraction of sp³-hybridized carbons (Fsp3) is 0.593. The zero-order valence-corrected chi connectivity index (χ0v) is 20.1. The molecule has 5 heteroatoms. The van der Waals surface area contributed by atoms with E-state index >= 15 is 0 Å². The van der Waals surface area contributed by atoms with E-state index in [2.05, 4.69) is 18.8 Å². The molecule has 0 aliphatic rings. The summed E-state index contributed by atoms with van der Waals surface area (Å²) in [6.45, 7) is 5.58. The summed E-state index contributed by atoms with van der Waals surface area (Å²) in [6, 6.07) is 3.80. The predicted molar refractivity (Wildman–Crippen MR) is 135 cm³/mol. The third kappa shape index (κ3) is 8.97. The van der Waals surface area contributed by atoms with Gasteiger partial charge in [-0.15, -0.1) is 0 Å². The first kappa shape index (κ1) is 25.8. The molecule has 0 aliphatic carbocycles. The third-order valence-corrected chi connectivity index (χ3v) is 5.91. The van der Waals surface area contributed by atoms with Gasteiger partial charge in [0.25, 0.3) is 5.56 Å². The minimum Gasteiger partial charge on any atom is -0.300 e. The summed E-state index contributed by atoms with van der Waals surface area (Å²) in [5.41, 5.74) is 1.19. The molecule has 0 aromatic carbocycles. The number of nitrogens with zero attached hydrogens (tertiary/aromatic N) is 3. The van der Waals surface area contributed by atoms with Gasteiger partial charge < -0.3 is 0 Å². The summed E-state index contributed by atoms with van der Waals surface area (Å²) in [5, 5.41) is 0. The van der Waals surface area contributed by atoms with Crippen molar-refractivity contribution in [3.8, 4) is 0 Å². The summed E-state index contributed by atoms with van der Waals surface area (Å²) in [7, 11) is 0. The first-order valence-electron chi connectivity index (χ1n) is 12.6. The largest absolute Gasteiger partial charge is 0.330 e. The quantitative estimate of drug-likeness (QED) is 0.289. The zero-order valence-electron chi connectivity index (χ0n) is 20.1. The van der Waals surface area contributed by atoms with Crippen LogP contribution in [0.5, 0.6) is 0 Å². The predicted octanol–water partition coefficient (Wildman–Crippen LogP) is 6.30. The van der Waals surface area contributed by atoms with E-state index in [1.54, 1.807) is 23.2 Å². The lowest BCUT2D eigenvalue weighted by atomic mass is 10.1. The minimum atomic E-state index is -0.187. The number of unbranched alkanes of at least 4 members (excludes halogenated alkanes) is 10. The van der Waals surface area contributed by atoms with Gasteiger partial charge in [0.15, 0.2) is 0 Å². The highest BCUT2D eigenvalue weighted by Crippen LogP contribution is 2.08. The van der Waals surface area contributed by atoms with Crippen molar-refractivity contribution in [2.45, 2.75) is 104 Å². The Morgan fingerprint density at radius 3 is 1.94 bits per heavy atom. The van der Waals surface area contributed by atoms with E-state index in [4.69, 9.17) is 0 Å². The van der Waals surface area contributed by atoms with Gasteiger partial charge in [0.2, 0.25) is 0 Å². The van der Waals surface area contributed by atoms with E-state index in [9.17, 15) is 9.59 Å². The molecule has 0 N–H and O–H groups in total. The molecule has 0 aliphatic heterocycles. The van der Waals surface area contributed by atoms with Crippen molar-refractivity contribution in [3.05, 3.63) is 62.7 Å². The van der Waals surface area contributed by atoms with Gasteiger partial charge in [-0.25, -0.2) is 4.79 Å². The Kier molecular flexibility index (Phi) is 12.4. The Balaban J connectivity index is 2.14. The molecule has 2 aromatic heterocycles. The fourth-order valence-electron chi connectivity index (χ4n) is 3.92. The van der Waals surface area contributed by atoms with E-state index in [0.717, 1.165) is 37.7 Å². The monoisotopic (exact) mass is 439 g/mol. The molecular formula is C27H41N3O2. The van der Waals surface area contributed by atoms with E-state index in [-0.39, 0.29) is 11.2 Å². The van der Waals surface area contributed by atoms with Crippen molar-refractivity contribution in [2.24, 2.45) is 0 Å². The Morgan fingerprint density at radius 2 is 1.31 bits per heavy atom. The van der Waals surface area contributed by atoms with E-state index in [1.807, 2.05) is 24.3 Å². The smallest absolute Gasteiger partial charge is 0.300 e. The SMILES string of the molecule is CCCCCCCCn1cc(/C=C\c2ccncc2)c(=O)n(CCCCCCCC)c1=O. The molecule has 0 spiro atoms. The molecule has 2 rings (SSSR count). The molecule has 2 aromatic rings. The highest BCUT2D eigenvalue weighted by molar-refractivity contribution is 5.68. The Hall–Kier alpha value is -2.43. The molecule has 0 amide bonds. The molecule has 0 fully saturated rings. The van der Waals surface area contributed by atoms with Crippen molar-refractivity contribution in [1.82, 2.24) is 14.1 Å². The lowest BCUT2D eigenvalue weighted by Gasteiger charge is -2.12. The lowest BCUT2D eigenvalue weighted by molar-refractivity contribution is 0.488. The molecule has 176 valence electrons. The van der Waals surface area contributed by atoms with Crippen molar-refractivity contribution >= 4 is 12.2 Å². The first-order valence-corrected chi connectivity index (χ1v) is 12.6. The Bertz CT molecular complexity index is 913. The van der Waals surface area contributed by atoms with Crippen LogP contribution in [0.2, 0.25) is 0 Å². The first-order chi connectivity index (χ1) is 15.7. The molecule has 0 saturated carbocycles. The third-order valence-electron chi connectivity index (χ3n) is 5.91. The van der Waals surface area contributed by atoms with Gasteiger partial charge in [0.1, 0.15) is 0 Å². The van der Waals surface area contributed by atoms with Gasteiger partial charge in [-0.05, 0) is 36.6 Å². The van der Waals surface area contributed by atoms with Crippen LogP contribution in [0.15, 0.2) is 40.3 Å². The molecule has 0 radical (unpaired) electrons. The maximum Gasteiger partial charge on any atom is 0.330 e. The number of hydrogen-bond acceptors (Lipinski definition) is 3. The van der Waals surface area contributed by atoms with Crippen LogP contribution in [0.1, 0.15) is 102 Å². The molecular weight excluding hydrogens is 398 g/mol. The van der Waals surface area contributed by atoms with Crippen LogP contribution in [0.4, 0.5) is 0 Å². The number of aromatic nitrogens is 3. The number of aryl methyl sites for hydroxylation is 1. The highest BCUT2D eigenvalue weighted by atomic mass is 16.2. The van der Waals surface area contributed by atoms with Crippen LogP contribution < -0.4 is 11.2 Å². The van der Waals surface area contributed by atoms with Crippen molar-refractivity contribution in [3.63, 3.8) is 0 Å². The number of hydrogen-bond donors (Lipinski definition) is 0.